The van der Waals surface area contributed by atoms with Crippen LogP contribution in [-0.4, -0.2) is 30.5 Å². The van der Waals surface area contributed by atoms with Gasteiger partial charge in [-0.3, -0.25) is 9.59 Å². The van der Waals surface area contributed by atoms with Crippen LogP contribution in [0.3, 0.4) is 0 Å². The van der Waals surface area contributed by atoms with Gasteiger partial charge < -0.3 is 10.1 Å². The molecule has 0 aliphatic heterocycles. The second-order valence-corrected chi connectivity index (χ2v) is 5.85. The monoisotopic (exact) mass is 345 g/mol. The van der Waals surface area contributed by atoms with Gasteiger partial charge in [-0.15, -0.1) is 0 Å². The summed E-state index contributed by atoms with van der Waals surface area (Å²) in [7, 11) is 1.36. The van der Waals surface area contributed by atoms with Crippen LogP contribution in [0.4, 0.5) is 5.69 Å². The highest BCUT2D eigenvalue weighted by Crippen LogP contribution is 2.20. The number of halogens is 1. The minimum absolute atomic E-state index is 0.0726. The summed E-state index contributed by atoms with van der Waals surface area (Å²) in [6.45, 7) is 1.96. The summed E-state index contributed by atoms with van der Waals surface area (Å²) in [5, 5.41) is 2.82. The van der Waals surface area contributed by atoms with E-state index < -0.39 is 0 Å². The third kappa shape index (κ3) is 6.11. The molecule has 0 aromatic heterocycles. The minimum atomic E-state index is -0.253. The van der Waals surface area contributed by atoms with E-state index in [-0.39, 0.29) is 11.9 Å². The van der Waals surface area contributed by atoms with E-state index in [1.54, 1.807) is 0 Å². The van der Waals surface area contributed by atoms with Gasteiger partial charge in [0.25, 0.3) is 0 Å². The van der Waals surface area contributed by atoms with E-state index in [1.165, 1.54) is 18.9 Å². The van der Waals surface area contributed by atoms with Crippen molar-refractivity contribution < 1.29 is 14.3 Å². The Morgan fingerprint density at radius 3 is 2.79 bits per heavy atom. The van der Waals surface area contributed by atoms with Crippen LogP contribution >= 0.6 is 27.7 Å². The molecule has 0 aliphatic rings. The zero-order chi connectivity index (χ0) is 14.3. The van der Waals surface area contributed by atoms with Gasteiger partial charge in [-0.05, 0) is 30.7 Å². The standard InChI is InChI=1S/C13H16BrNO3S/c1-9-7-10(3-4-11(9)14)15-12(16)8-19-6-5-13(17)18-2/h3-4,7H,5-6,8H2,1-2H3,(H,15,16). The van der Waals surface area contributed by atoms with Crippen molar-refractivity contribution in [3.05, 3.63) is 28.2 Å². The zero-order valence-corrected chi connectivity index (χ0v) is 13.3. The topological polar surface area (TPSA) is 55.4 Å². The predicted molar refractivity (Wildman–Crippen MR) is 81.5 cm³/mol. The largest absolute Gasteiger partial charge is 0.469 e. The lowest BCUT2D eigenvalue weighted by molar-refractivity contribution is -0.140. The van der Waals surface area contributed by atoms with Gasteiger partial charge in [-0.1, -0.05) is 15.9 Å². The third-order valence-corrected chi connectivity index (χ3v) is 4.20. The normalized spacial score (nSPS) is 10.1. The number of hydrogen-bond acceptors (Lipinski definition) is 4. The second-order valence-electron chi connectivity index (χ2n) is 3.89. The number of hydrogen-bond donors (Lipinski definition) is 1. The number of carbonyl (C=O) groups excluding carboxylic acids is 2. The van der Waals surface area contributed by atoms with E-state index >= 15 is 0 Å². The molecule has 0 saturated heterocycles. The maximum atomic E-state index is 11.7. The van der Waals surface area contributed by atoms with Gasteiger partial charge >= 0.3 is 5.97 Å². The van der Waals surface area contributed by atoms with Crippen molar-refractivity contribution in [1.82, 2.24) is 0 Å². The highest BCUT2D eigenvalue weighted by molar-refractivity contribution is 9.10. The lowest BCUT2D eigenvalue weighted by Crippen LogP contribution is -2.14. The van der Waals surface area contributed by atoms with Crippen LogP contribution in [0, 0.1) is 6.92 Å². The van der Waals surface area contributed by atoms with E-state index in [0.717, 1.165) is 15.7 Å². The summed E-state index contributed by atoms with van der Waals surface area (Å²) >= 11 is 4.82. The Labute approximate surface area is 125 Å². The van der Waals surface area contributed by atoms with Gasteiger partial charge in [0.2, 0.25) is 5.91 Å². The van der Waals surface area contributed by atoms with Crippen LogP contribution in [0.25, 0.3) is 0 Å². The number of benzene rings is 1. The Balaban J connectivity index is 2.31. The molecule has 4 nitrogen and oxygen atoms in total. The highest BCUT2D eigenvalue weighted by Gasteiger charge is 2.05. The lowest BCUT2D eigenvalue weighted by atomic mass is 10.2. The van der Waals surface area contributed by atoms with E-state index in [0.29, 0.717) is 17.9 Å². The predicted octanol–water partition coefficient (Wildman–Crippen LogP) is 2.99. The van der Waals surface area contributed by atoms with Crippen LogP contribution < -0.4 is 5.32 Å². The molecule has 6 heteroatoms. The molecule has 0 spiro atoms. The maximum Gasteiger partial charge on any atom is 0.306 e. The van der Waals surface area contributed by atoms with Gasteiger partial charge in [-0.25, -0.2) is 0 Å². The van der Waals surface area contributed by atoms with Crippen molar-refractivity contribution in [2.75, 3.05) is 23.9 Å². The van der Waals surface area contributed by atoms with Gasteiger partial charge in [-0.2, -0.15) is 11.8 Å². The molecule has 0 unspecified atom stereocenters. The molecule has 0 heterocycles. The first-order valence-electron chi connectivity index (χ1n) is 5.73. The van der Waals surface area contributed by atoms with Crippen LogP contribution in [-0.2, 0) is 14.3 Å². The number of aryl methyl sites for hydroxylation is 1. The van der Waals surface area contributed by atoms with Crippen molar-refractivity contribution in [2.24, 2.45) is 0 Å². The molecule has 0 radical (unpaired) electrons. The Bertz CT molecular complexity index is 465. The van der Waals surface area contributed by atoms with Crippen LogP contribution in [0.1, 0.15) is 12.0 Å². The fraction of sp³-hybridized carbons (Fsp3) is 0.385. The molecule has 0 saturated carbocycles. The molecule has 1 aromatic rings. The summed E-state index contributed by atoms with van der Waals surface area (Å²) in [5.74, 6) is 0.582. The molecule has 0 fully saturated rings. The molecule has 1 amide bonds. The molecular weight excluding hydrogens is 330 g/mol. The summed E-state index contributed by atoms with van der Waals surface area (Å²) in [5.41, 5.74) is 1.84. The number of rotatable bonds is 6. The average molecular weight is 346 g/mol. The zero-order valence-electron chi connectivity index (χ0n) is 10.9. The Morgan fingerprint density at radius 2 is 2.16 bits per heavy atom. The van der Waals surface area contributed by atoms with Crippen molar-refractivity contribution in [3.8, 4) is 0 Å². The molecule has 104 valence electrons. The number of thioether (sulfide) groups is 1. The number of ether oxygens (including phenoxy) is 1. The van der Waals surface area contributed by atoms with Gasteiger partial charge in [0.15, 0.2) is 0 Å². The Kier molecular flexibility index (Phi) is 6.94. The van der Waals surface area contributed by atoms with Crippen molar-refractivity contribution in [2.45, 2.75) is 13.3 Å². The van der Waals surface area contributed by atoms with Gasteiger partial charge in [0.05, 0.1) is 19.3 Å². The molecule has 19 heavy (non-hydrogen) atoms. The third-order valence-electron chi connectivity index (χ3n) is 2.35. The molecule has 1 aromatic carbocycles. The first-order valence-corrected chi connectivity index (χ1v) is 7.68. The number of nitrogens with one attached hydrogen (secondary N) is 1. The summed E-state index contributed by atoms with van der Waals surface area (Å²) in [4.78, 5) is 22.5. The average Bonchev–Trinajstić information content (AvgIpc) is 2.38. The fourth-order valence-electron chi connectivity index (χ4n) is 1.34. The molecule has 1 N–H and O–H groups in total. The minimum Gasteiger partial charge on any atom is -0.469 e. The van der Waals surface area contributed by atoms with E-state index in [9.17, 15) is 9.59 Å². The van der Waals surface area contributed by atoms with Crippen molar-refractivity contribution in [1.29, 1.82) is 0 Å². The van der Waals surface area contributed by atoms with Crippen LogP contribution in [0.5, 0.6) is 0 Å². The number of methoxy groups -OCH3 is 1. The maximum absolute atomic E-state index is 11.7. The molecule has 0 bridgehead atoms. The second kappa shape index (κ2) is 8.22. The number of amides is 1. The van der Waals surface area contributed by atoms with Gasteiger partial charge in [0.1, 0.15) is 0 Å². The fourth-order valence-corrected chi connectivity index (χ4v) is 2.30. The number of esters is 1. The lowest BCUT2D eigenvalue weighted by Gasteiger charge is -2.07. The SMILES string of the molecule is COC(=O)CCSCC(=O)Nc1ccc(Br)c(C)c1. The van der Waals surface area contributed by atoms with Crippen LogP contribution in [0.2, 0.25) is 0 Å². The first kappa shape index (κ1) is 16.0. The summed E-state index contributed by atoms with van der Waals surface area (Å²) in [6.07, 6.45) is 0.325. The summed E-state index contributed by atoms with van der Waals surface area (Å²) in [6, 6.07) is 5.64. The Morgan fingerprint density at radius 1 is 1.42 bits per heavy atom. The highest BCUT2D eigenvalue weighted by atomic mass is 79.9. The Hall–Kier alpha value is -1.01. The number of anilines is 1. The first-order chi connectivity index (χ1) is 9.02. The van der Waals surface area contributed by atoms with Gasteiger partial charge in [0, 0.05) is 15.9 Å². The van der Waals surface area contributed by atoms with E-state index in [4.69, 9.17) is 0 Å². The summed E-state index contributed by atoms with van der Waals surface area (Å²) < 4.78 is 5.53. The smallest absolute Gasteiger partial charge is 0.306 e. The quantitative estimate of drug-likeness (QED) is 0.636. The van der Waals surface area contributed by atoms with Crippen molar-refractivity contribution in [3.63, 3.8) is 0 Å². The molecular formula is C13H16BrNO3S. The van der Waals surface area contributed by atoms with Crippen molar-refractivity contribution >= 4 is 45.3 Å². The molecule has 1 rings (SSSR count). The van der Waals surface area contributed by atoms with Crippen LogP contribution in [0.15, 0.2) is 22.7 Å². The van der Waals surface area contributed by atoms with E-state index in [1.807, 2.05) is 25.1 Å². The molecule has 0 atom stereocenters. The molecule has 0 aliphatic carbocycles. The number of carbonyl (C=O) groups is 2. The van der Waals surface area contributed by atoms with E-state index in [2.05, 4.69) is 26.0 Å².